The molecule has 0 saturated heterocycles. The van der Waals surface area contributed by atoms with E-state index >= 15 is 0 Å². The minimum absolute atomic E-state index is 0.0721. The van der Waals surface area contributed by atoms with Gasteiger partial charge in [-0.2, -0.15) is 0 Å². The lowest BCUT2D eigenvalue weighted by molar-refractivity contribution is -0.158. The molecule has 0 heterocycles. The quantitative estimate of drug-likeness (QED) is 0.637. The molecule has 0 aromatic rings. The van der Waals surface area contributed by atoms with Crippen LogP contribution in [-0.2, 0) is 19.1 Å². The molecule has 2 unspecified atom stereocenters. The van der Waals surface area contributed by atoms with Crippen LogP contribution in [-0.4, -0.2) is 24.1 Å². The number of unbranched alkanes of at least 4 members (excludes halogenated alkanes) is 2. The summed E-state index contributed by atoms with van der Waals surface area (Å²) in [5, 5.41) is 0. The van der Waals surface area contributed by atoms with Crippen molar-refractivity contribution in [2.24, 2.45) is 0 Å². The summed E-state index contributed by atoms with van der Waals surface area (Å²) in [6.45, 7) is 4.11. The highest BCUT2D eigenvalue weighted by molar-refractivity contribution is 5.70. The number of esters is 2. The molecule has 0 aliphatic heterocycles. The van der Waals surface area contributed by atoms with Crippen LogP contribution in [0.2, 0.25) is 0 Å². The van der Waals surface area contributed by atoms with Crippen molar-refractivity contribution in [1.29, 1.82) is 0 Å². The molecular weight excluding hydrogens is 256 g/mol. The smallest absolute Gasteiger partial charge is 0.306 e. The number of hydrogen-bond acceptors (Lipinski definition) is 4. The second-order valence-electron chi connectivity index (χ2n) is 5.60. The first-order chi connectivity index (χ1) is 9.65. The van der Waals surface area contributed by atoms with Gasteiger partial charge in [0.25, 0.3) is 0 Å². The largest absolute Gasteiger partial charge is 0.462 e. The third-order valence-corrected chi connectivity index (χ3v) is 3.64. The zero-order chi connectivity index (χ0) is 14.8. The Bertz CT molecular complexity index is 273. The first kappa shape index (κ1) is 17.0. The third kappa shape index (κ3) is 6.92. The fraction of sp³-hybridized carbons (Fsp3) is 0.875. The topological polar surface area (TPSA) is 52.6 Å². The van der Waals surface area contributed by atoms with E-state index in [1.54, 1.807) is 0 Å². The van der Waals surface area contributed by atoms with Crippen molar-refractivity contribution in [3.05, 3.63) is 0 Å². The van der Waals surface area contributed by atoms with Crippen LogP contribution in [0.3, 0.4) is 0 Å². The van der Waals surface area contributed by atoms with E-state index in [0.29, 0.717) is 19.3 Å². The van der Waals surface area contributed by atoms with Gasteiger partial charge in [-0.15, -0.1) is 0 Å². The standard InChI is InChI=1S/C16H28O4/c1-3-5-10-15(17)19-13-8-7-9-14(12-13)20-16(18)11-6-4-2/h13-14H,3-12H2,1-2H3. The molecule has 116 valence electrons. The molecule has 0 spiro atoms. The van der Waals surface area contributed by atoms with Gasteiger partial charge in [-0.25, -0.2) is 0 Å². The van der Waals surface area contributed by atoms with Crippen LogP contribution >= 0.6 is 0 Å². The Balaban J connectivity index is 2.27. The fourth-order valence-electron chi connectivity index (χ4n) is 2.45. The molecule has 0 radical (unpaired) electrons. The van der Waals surface area contributed by atoms with E-state index in [9.17, 15) is 9.59 Å². The molecule has 4 heteroatoms. The average molecular weight is 284 g/mol. The SMILES string of the molecule is CCCCC(=O)OC1CCCC(OC(=O)CCCC)C1. The average Bonchev–Trinajstić information content (AvgIpc) is 2.43. The molecule has 0 bridgehead atoms. The lowest BCUT2D eigenvalue weighted by Gasteiger charge is -2.28. The molecular formula is C16H28O4. The second-order valence-corrected chi connectivity index (χ2v) is 5.60. The van der Waals surface area contributed by atoms with Crippen molar-refractivity contribution in [3.63, 3.8) is 0 Å². The summed E-state index contributed by atoms with van der Waals surface area (Å²) in [5.74, 6) is -0.232. The molecule has 1 aliphatic rings. The van der Waals surface area contributed by atoms with Gasteiger partial charge < -0.3 is 9.47 Å². The van der Waals surface area contributed by atoms with E-state index < -0.39 is 0 Å². The number of hydrogen-bond donors (Lipinski definition) is 0. The number of ether oxygens (including phenoxy) is 2. The molecule has 1 rings (SSSR count). The Morgan fingerprint density at radius 1 is 0.900 bits per heavy atom. The predicted molar refractivity (Wildman–Crippen MR) is 77.3 cm³/mol. The highest BCUT2D eigenvalue weighted by Crippen LogP contribution is 2.24. The second kappa shape index (κ2) is 9.78. The molecule has 0 aromatic heterocycles. The maximum absolute atomic E-state index is 11.6. The molecule has 1 fully saturated rings. The summed E-state index contributed by atoms with van der Waals surface area (Å²) in [4.78, 5) is 23.2. The van der Waals surface area contributed by atoms with Crippen molar-refractivity contribution in [1.82, 2.24) is 0 Å². The maximum atomic E-state index is 11.6. The summed E-state index contributed by atoms with van der Waals surface area (Å²) >= 11 is 0. The van der Waals surface area contributed by atoms with Crippen molar-refractivity contribution in [2.75, 3.05) is 0 Å². The predicted octanol–water partition coefficient (Wildman–Crippen LogP) is 3.76. The van der Waals surface area contributed by atoms with Gasteiger partial charge in [0.1, 0.15) is 12.2 Å². The van der Waals surface area contributed by atoms with Crippen LogP contribution in [0.15, 0.2) is 0 Å². The van der Waals surface area contributed by atoms with Gasteiger partial charge in [-0.05, 0) is 32.1 Å². The molecule has 0 amide bonds. The normalized spacial score (nSPS) is 22.3. The van der Waals surface area contributed by atoms with Gasteiger partial charge in [0.05, 0.1) is 0 Å². The first-order valence-corrected chi connectivity index (χ1v) is 8.04. The van der Waals surface area contributed by atoms with E-state index in [2.05, 4.69) is 13.8 Å². The highest BCUT2D eigenvalue weighted by Gasteiger charge is 2.27. The number of carbonyl (C=O) groups excluding carboxylic acids is 2. The van der Waals surface area contributed by atoms with Crippen molar-refractivity contribution in [3.8, 4) is 0 Å². The van der Waals surface area contributed by atoms with Gasteiger partial charge in [0.15, 0.2) is 0 Å². The first-order valence-electron chi connectivity index (χ1n) is 8.04. The van der Waals surface area contributed by atoms with Crippen LogP contribution in [0.1, 0.15) is 78.1 Å². The monoisotopic (exact) mass is 284 g/mol. The van der Waals surface area contributed by atoms with Crippen LogP contribution in [0, 0.1) is 0 Å². The van der Waals surface area contributed by atoms with Gasteiger partial charge in [-0.1, -0.05) is 26.7 Å². The maximum Gasteiger partial charge on any atom is 0.306 e. The zero-order valence-corrected chi connectivity index (χ0v) is 12.9. The molecule has 1 aliphatic carbocycles. The summed E-state index contributed by atoms with van der Waals surface area (Å²) in [5.41, 5.74) is 0. The van der Waals surface area contributed by atoms with Gasteiger partial charge >= 0.3 is 11.9 Å². The van der Waals surface area contributed by atoms with E-state index in [4.69, 9.17) is 9.47 Å². The minimum atomic E-state index is -0.116. The van der Waals surface area contributed by atoms with E-state index in [1.807, 2.05) is 0 Å². The molecule has 1 saturated carbocycles. The lowest BCUT2D eigenvalue weighted by atomic mass is 9.94. The van der Waals surface area contributed by atoms with Crippen molar-refractivity contribution >= 4 is 11.9 Å². The lowest BCUT2D eigenvalue weighted by Crippen LogP contribution is -2.31. The van der Waals surface area contributed by atoms with E-state index in [1.165, 1.54) is 0 Å². The molecule has 0 aromatic carbocycles. The van der Waals surface area contributed by atoms with Gasteiger partial charge in [0.2, 0.25) is 0 Å². The zero-order valence-electron chi connectivity index (χ0n) is 12.9. The van der Waals surface area contributed by atoms with Crippen molar-refractivity contribution < 1.29 is 19.1 Å². The van der Waals surface area contributed by atoms with Gasteiger partial charge in [0, 0.05) is 19.3 Å². The summed E-state index contributed by atoms with van der Waals surface area (Å²) in [7, 11) is 0. The van der Waals surface area contributed by atoms with E-state index in [-0.39, 0.29) is 24.1 Å². The Kier molecular flexibility index (Phi) is 8.31. The number of rotatable bonds is 8. The van der Waals surface area contributed by atoms with Crippen LogP contribution < -0.4 is 0 Å². The Labute approximate surface area is 122 Å². The fourth-order valence-corrected chi connectivity index (χ4v) is 2.45. The Morgan fingerprint density at radius 3 is 1.75 bits per heavy atom. The van der Waals surface area contributed by atoms with Crippen molar-refractivity contribution in [2.45, 2.75) is 90.3 Å². The molecule has 2 atom stereocenters. The summed E-state index contributed by atoms with van der Waals surface area (Å²) in [6.07, 6.45) is 7.99. The minimum Gasteiger partial charge on any atom is -0.462 e. The van der Waals surface area contributed by atoms with E-state index in [0.717, 1.165) is 44.9 Å². The summed E-state index contributed by atoms with van der Waals surface area (Å²) in [6, 6.07) is 0. The third-order valence-electron chi connectivity index (χ3n) is 3.64. The van der Waals surface area contributed by atoms with Crippen LogP contribution in [0.4, 0.5) is 0 Å². The molecule has 0 N–H and O–H groups in total. The van der Waals surface area contributed by atoms with Gasteiger partial charge in [-0.3, -0.25) is 9.59 Å². The number of carbonyl (C=O) groups is 2. The highest BCUT2D eigenvalue weighted by atomic mass is 16.6. The molecule has 4 nitrogen and oxygen atoms in total. The van der Waals surface area contributed by atoms with Crippen LogP contribution in [0.5, 0.6) is 0 Å². The Hall–Kier alpha value is -1.06. The molecule has 20 heavy (non-hydrogen) atoms. The summed E-state index contributed by atoms with van der Waals surface area (Å²) < 4.78 is 10.9. The van der Waals surface area contributed by atoms with Crippen LogP contribution in [0.25, 0.3) is 0 Å². The Morgan fingerprint density at radius 2 is 1.35 bits per heavy atom.